The second-order valence-corrected chi connectivity index (χ2v) is 4.56. The standard InChI is InChI=1S/C10H11NO.C3H8N2O/c1-2-9-8(1)7-10(9)11-3-5-12-6-4-11;1-5(2)3(4)6/h1-2,7H,3-6H2;1-2H3,(H2,4,6). The SMILES string of the molecule is CN(C)C(N)=O.c1cc2c(N3CCOCC3)cc1-2. The topological polar surface area (TPSA) is 58.8 Å². The Kier molecular flexibility index (Phi) is 3.72. The van der Waals surface area contributed by atoms with Crippen molar-refractivity contribution in [3.63, 3.8) is 0 Å². The van der Waals surface area contributed by atoms with E-state index in [-0.39, 0.29) is 0 Å². The van der Waals surface area contributed by atoms with Crippen molar-refractivity contribution in [2.75, 3.05) is 45.3 Å². The summed E-state index contributed by atoms with van der Waals surface area (Å²) in [5.74, 6) is 0. The van der Waals surface area contributed by atoms with Crippen LogP contribution in [0.1, 0.15) is 0 Å². The molecule has 5 heteroatoms. The number of benzene rings is 1. The minimum Gasteiger partial charge on any atom is -0.378 e. The normalized spacial score (nSPS) is 15.6. The molecule has 0 radical (unpaired) electrons. The summed E-state index contributed by atoms with van der Waals surface area (Å²) in [6.07, 6.45) is 0. The Morgan fingerprint density at radius 1 is 1.33 bits per heavy atom. The lowest BCUT2D eigenvalue weighted by Gasteiger charge is -2.35. The molecule has 1 fully saturated rings. The van der Waals surface area contributed by atoms with Gasteiger partial charge in [0.25, 0.3) is 0 Å². The van der Waals surface area contributed by atoms with Crippen molar-refractivity contribution in [2.24, 2.45) is 5.73 Å². The Morgan fingerprint density at radius 3 is 2.28 bits per heavy atom. The third-order valence-corrected chi connectivity index (χ3v) is 3.10. The Morgan fingerprint density at radius 2 is 1.94 bits per heavy atom. The lowest BCUT2D eigenvalue weighted by Crippen LogP contribution is -2.37. The van der Waals surface area contributed by atoms with Gasteiger partial charge in [0.05, 0.1) is 13.2 Å². The van der Waals surface area contributed by atoms with E-state index < -0.39 is 6.03 Å². The van der Waals surface area contributed by atoms with Gasteiger partial charge in [0.15, 0.2) is 0 Å². The van der Waals surface area contributed by atoms with Gasteiger partial charge in [-0.15, -0.1) is 0 Å². The van der Waals surface area contributed by atoms with E-state index in [1.54, 1.807) is 14.1 Å². The molecule has 0 aromatic carbocycles. The van der Waals surface area contributed by atoms with Crippen molar-refractivity contribution < 1.29 is 9.53 Å². The van der Waals surface area contributed by atoms with Crippen LogP contribution in [-0.2, 0) is 4.74 Å². The lowest BCUT2D eigenvalue weighted by molar-refractivity contribution is 0.122. The first-order valence-corrected chi connectivity index (χ1v) is 6.03. The highest BCUT2D eigenvalue weighted by molar-refractivity contribution is 5.92. The molecule has 0 spiro atoms. The third-order valence-electron chi connectivity index (χ3n) is 3.10. The first kappa shape index (κ1) is 12.7. The van der Waals surface area contributed by atoms with E-state index >= 15 is 0 Å². The minimum atomic E-state index is -0.407. The second kappa shape index (κ2) is 5.27. The minimum absolute atomic E-state index is 0.407. The summed E-state index contributed by atoms with van der Waals surface area (Å²) < 4.78 is 5.30. The van der Waals surface area contributed by atoms with Gasteiger partial charge in [0, 0.05) is 38.4 Å². The smallest absolute Gasteiger partial charge is 0.314 e. The maximum Gasteiger partial charge on any atom is 0.314 e. The molecule has 1 aliphatic heterocycles. The lowest BCUT2D eigenvalue weighted by atomic mass is 9.90. The molecule has 1 heterocycles. The van der Waals surface area contributed by atoms with Gasteiger partial charge in [-0.05, 0) is 11.6 Å². The number of amides is 2. The Labute approximate surface area is 107 Å². The molecule has 2 aliphatic carbocycles. The number of morpholine rings is 1. The van der Waals surface area contributed by atoms with Crippen LogP contribution in [0.15, 0.2) is 18.2 Å². The second-order valence-electron chi connectivity index (χ2n) is 4.56. The number of hydrogen-bond donors (Lipinski definition) is 1. The highest BCUT2D eigenvalue weighted by Gasteiger charge is 2.22. The highest BCUT2D eigenvalue weighted by Crippen LogP contribution is 2.43. The molecule has 5 nitrogen and oxygen atoms in total. The molecule has 18 heavy (non-hydrogen) atoms. The van der Waals surface area contributed by atoms with Crippen LogP contribution >= 0.6 is 0 Å². The van der Waals surface area contributed by atoms with Crippen molar-refractivity contribution in [1.82, 2.24) is 4.90 Å². The van der Waals surface area contributed by atoms with Gasteiger partial charge in [0.1, 0.15) is 0 Å². The van der Waals surface area contributed by atoms with Gasteiger partial charge in [-0.3, -0.25) is 0 Å². The fourth-order valence-electron chi connectivity index (χ4n) is 1.84. The number of ether oxygens (including phenoxy) is 1. The molecule has 0 aromatic rings. The number of urea groups is 1. The van der Waals surface area contributed by atoms with Crippen molar-refractivity contribution in [3.05, 3.63) is 18.2 Å². The van der Waals surface area contributed by atoms with Crippen LogP contribution in [-0.4, -0.2) is 51.3 Å². The van der Waals surface area contributed by atoms with Gasteiger partial charge in [-0.25, -0.2) is 4.79 Å². The molecular weight excluding hydrogens is 230 g/mol. The zero-order chi connectivity index (χ0) is 13.1. The van der Waals surface area contributed by atoms with Gasteiger partial charge < -0.3 is 20.3 Å². The maximum absolute atomic E-state index is 9.85. The number of hydrogen-bond acceptors (Lipinski definition) is 3. The number of carbonyl (C=O) groups is 1. The van der Waals surface area contributed by atoms with Crippen LogP contribution in [0.5, 0.6) is 0 Å². The van der Waals surface area contributed by atoms with Crippen LogP contribution in [0.25, 0.3) is 11.1 Å². The predicted octanol–water partition coefficient (Wildman–Crippen LogP) is 1.13. The summed E-state index contributed by atoms with van der Waals surface area (Å²) in [6, 6.07) is 6.22. The number of primary amides is 1. The van der Waals surface area contributed by atoms with Gasteiger partial charge in [-0.2, -0.15) is 0 Å². The van der Waals surface area contributed by atoms with Crippen LogP contribution < -0.4 is 10.6 Å². The van der Waals surface area contributed by atoms with Crippen molar-refractivity contribution in [2.45, 2.75) is 0 Å². The van der Waals surface area contributed by atoms with E-state index in [4.69, 9.17) is 10.5 Å². The molecule has 1 saturated heterocycles. The summed E-state index contributed by atoms with van der Waals surface area (Å²) in [5, 5.41) is 0. The summed E-state index contributed by atoms with van der Waals surface area (Å²) in [4.78, 5) is 13.6. The van der Waals surface area contributed by atoms with Gasteiger partial charge >= 0.3 is 6.03 Å². The molecule has 0 aromatic heterocycles. The van der Waals surface area contributed by atoms with Crippen molar-refractivity contribution in [1.29, 1.82) is 0 Å². The zero-order valence-corrected chi connectivity index (χ0v) is 10.8. The average Bonchev–Trinajstić information content (AvgIpc) is 2.34. The third kappa shape index (κ3) is 2.56. The first-order valence-electron chi connectivity index (χ1n) is 6.03. The van der Waals surface area contributed by atoms with Crippen LogP contribution in [0.4, 0.5) is 10.5 Å². The molecule has 0 saturated carbocycles. The molecule has 2 N–H and O–H groups in total. The molecule has 3 aliphatic rings. The van der Waals surface area contributed by atoms with Crippen LogP contribution in [0.2, 0.25) is 0 Å². The summed E-state index contributed by atoms with van der Waals surface area (Å²) in [7, 11) is 3.20. The van der Waals surface area contributed by atoms with Gasteiger partial charge in [-0.1, -0.05) is 12.1 Å². The predicted molar refractivity (Wildman–Crippen MR) is 71.7 cm³/mol. The summed E-state index contributed by atoms with van der Waals surface area (Å²) in [5.41, 5.74) is 9.03. The molecule has 0 unspecified atom stereocenters. The quantitative estimate of drug-likeness (QED) is 0.824. The van der Waals surface area contributed by atoms with E-state index in [0.717, 1.165) is 26.3 Å². The Bertz CT molecular complexity index is 440. The number of anilines is 1. The summed E-state index contributed by atoms with van der Waals surface area (Å²) in [6.45, 7) is 3.86. The van der Waals surface area contributed by atoms with Gasteiger partial charge in [0.2, 0.25) is 0 Å². The summed E-state index contributed by atoms with van der Waals surface area (Å²) >= 11 is 0. The number of rotatable bonds is 1. The average molecular weight is 249 g/mol. The Hall–Kier alpha value is -1.75. The van der Waals surface area contributed by atoms with E-state index in [1.807, 2.05) is 0 Å². The number of nitrogens with zero attached hydrogens (tertiary/aromatic N) is 2. The molecule has 0 atom stereocenters. The number of nitrogens with two attached hydrogens (primary N) is 1. The van der Waals surface area contributed by atoms with E-state index in [1.165, 1.54) is 21.7 Å². The monoisotopic (exact) mass is 249 g/mol. The fraction of sp³-hybridized carbons (Fsp3) is 0.462. The fourth-order valence-corrected chi connectivity index (χ4v) is 1.84. The zero-order valence-electron chi connectivity index (χ0n) is 10.8. The molecule has 98 valence electrons. The Balaban J connectivity index is 0.000000174. The van der Waals surface area contributed by atoms with Crippen molar-refractivity contribution in [3.8, 4) is 11.1 Å². The molecule has 2 amide bonds. The van der Waals surface area contributed by atoms with Crippen LogP contribution in [0, 0.1) is 0 Å². The first-order chi connectivity index (χ1) is 8.59. The van der Waals surface area contributed by atoms with Crippen molar-refractivity contribution >= 4 is 11.7 Å². The van der Waals surface area contributed by atoms with E-state index in [0.29, 0.717) is 0 Å². The molecule has 0 bridgehead atoms. The van der Waals surface area contributed by atoms with E-state index in [9.17, 15) is 4.79 Å². The maximum atomic E-state index is 9.85. The highest BCUT2D eigenvalue weighted by atomic mass is 16.5. The largest absolute Gasteiger partial charge is 0.378 e. The van der Waals surface area contributed by atoms with E-state index in [2.05, 4.69) is 23.1 Å². The molecular formula is C13H19N3O2. The number of fused-ring (bicyclic) bond motifs is 1. The molecule has 3 rings (SSSR count). The van der Waals surface area contributed by atoms with Crippen LogP contribution in [0.3, 0.4) is 0 Å². The number of carbonyl (C=O) groups excluding carboxylic acids is 1.